The highest BCUT2D eigenvalue weighted by atomic mass is 35.5. The lowest BCUT2D eigenvalue weighted by Crippen LogP contribution is -2.33. The number of hydrogen-bond donors (Lipinski definition) is 2. The first-order valence-corrected chi connectivity index (χ1v) is 7.94. The number of carbonyl (C=O) groups excluding carboxylic acids is 1. The molecule has 1 amide bonds. The van der Waals surface area contributed by atoms with Gasteiger partial charge in [-0.3, -0.25) is 4.79 Å². The maximum atomic E-state index is 12.2. The van der Waals surface area contributed by atoms with Crippen molar-refractivity contribution in [2.75, 3.05) is 25.0 Å². The Kier molecular flexibility index (Phi) is 6.83. The molecule has 2 aromatic rings. The summed E-state index contributed by atoms with van der Waals surface area (Å²) in [5, 5.41) is 6.45. The number of anilines is 1. The average Bonchev–Trinajstić information content (AvgIpc) is 2.55. The van der Waals surface area contributed by atoms with Crippen LogP contribution in [0, 0.1) is 0 Å². The average molecular weight is 389 g/mol. The molecule has 0 unspecified atom stereocenters. The zero-order valence-electron chi connectivity index (χ0n) is 12.6. The van der Waals surface area contributed by atoms with Crippen LogP contribution in [0.4, 0.5) is 5.69 Å². The van der Waals surface area contributed by atoms with Crippen molar-refractivity contribution >= 4 is 47.2 Å². The normalized spacial score (nSPS) is 17.0. The Morgan fingerprint density at radius 1 is 1.21 bits per heavy atom. The van der Waals surface area contributed by atoms with Crippen LogP contribution in [-0.2, 0) is 4.74 Å². The van der Waals surface area contributed by atoms with E-state index in [4.69, 9.17) is 27.9 Å². The number of carbonyl (C=O) groups is 1. The van der Waals surface area contributed by atoms with Gasteiger partial charge in [0.05, 0.1) is 12.7 Å². The molecular formula is C16H16Cl3N3O2. The number of hydrogen-bond acceptors (Lipinski definition) is 4. The third kappa shape index (κ3) is 4.82. The SMILES string of the molecule is Cl.O=C(Nc1ccc([C@@H]2CNCCO2)cc1)c1cc(Cl)nc(Cl)c1. The van der Waals surface area contributed by atoms with E-state index in [9.17, 15) is 4.79 Å². The van der Waals surface area contributed by atoms with Crippen molar-refractivity contribution in [2.45, 2.75) is 6.10 Å². The highest BCUT2D eigenvalue weighted by molar-refractivity contribution is 6.33. The topological polar surface area (TPSA) is 63.2 Å². The number of pyridine rings is 1. The summed E-state index contributed by atoms with van der Waals surface area (Å²) >= 11 is 11.6. The van der Waals surface area contributed by atoms with Gasteiger partial charge in [0, 0.05) is 24.3 Å². The molecule has 5 nitrogen and oxygen atoms in total. The number of nitrogens with zero attached hydrogens (tertiary/aromatic N) is 1. The van der Waals surface area contributed by atoms with Crippen molar-refractivity contribution in [1.82, 2.24) is 10.3 Å². The van der Waals surface area contributed by atoms with Crippen molar-refractivity contribution in [3.05, 3.63) is 57.8 Å². The van der Waals surface area contributed by atoms with E-state index >= 15 is 0 Å². The van der Waals surface area contributed by atoms with E-state index in [0.29, 0.717) is 17.9 Å². The van der Waals surface area contributed by atoms with E-state index in [1.165, 1.54) is 12.1 Å². The van der Waals surface area contributed by atoms with Crippen LogP contribution in [0.1, 0.15) is 22.0 Å². The van der Waals surface area contributed by atoms with Gasteiger partial charge < -0.3 is 15.4 Å². The summed E-state index contributed by atoms with van der Waals surface area (Å²) in [5.41, 5.74) is 2.12. The molecule has 8 heteroatoms. The fourth-order valence-corrected chi connectivity index (χ4v) is 2.82. The van der Waals surface area contributed by atoms with Crippen molar-refractivity contribution in [1.29, 1.82) is 0 Å². The number of amides is 1. The minimum atomic E-state index is -0.292. The summed E-state index contributed by atoms with van der Waals surface area (Å²) in [4.78, 5) is 16.0. The molecule has 0 bridgehead atoms. The van der Waals surface area contributed by atoms with Gasteiger partial charge in [-0.05, 0) is 29.8 Å². The van der Waals surface area contributed by atoms with Gasteiger partial charge >= 0.3 is 0 Å². The van der Waals surface area contributed by atoms with Gasteiger partial charge in [0.2, 0.25) is 0 Å². The first-order chi connectivity index (χ1) is 11.1. The molecule has 3 rings (SSSR count). The van der Waals surface area contributed by atoms with E-state index in [1.807, 2.05) is 24.3 Å². The molecule has 128 valence electrons. The smallest absolute Gasteiger partial charge is 0.255 e. The zero-order valence-corrected chi connectivity index (χ0v) is 14.9. The third-order valence-electron chi connectivity index (χ3n) is 3.49. The van der Waals surface area contributed by atoms with Crippen LogP contribution in [-0.4, -0.2) is 30.6 Å². The molecule has 1 fully saturated rings. The van der Waals surface area contributed by atoms with Crippen molar-refractivity contribution in [2.24, 2.45) is 0 Å². The summed E-state index contributed by atoms with van der Waals surface area (Å²) in [6.07, 6.45) is 0.0475. The van der Waals surface area contributed by atoms with E-state index in [-0.39, 0.29) is 34.7 Å². The Bertz CT molecular complexity index is 684. The Labute approximate surface area is 156 Å². The fraction of sp³-hybridized carbons (Fsp3) is 0.250. The second kappa shape index (κ2) is 8.65. The molecule has 1 atom stereocenters. The van der Waals surface area contributed by atoms with Gasteiger partial charge in [-0.2, -0.15) is 0 Å². The van der Waals surface area contributed by atoms with Crippen molar-refractivity contribution < 1.29 is 9.53 Å². The number of morpholine rings is 1. The molecule has 2 heterocycles. The summed E-state index contributed by atoms with van der Waals surface area (Å²) in [6, 6.07) is 10.5. The Hall–Kier alpha value is -1.37. The number of benzene rings is 1. The van der Waals surface area contributed by atoms with Gasteiger partial charge in [0.25, 0.3) is 5.91 Å². The van der Waals surface area contributed by atoms with Crippen LogP contribution in [0.2, 0.25) is 10.3 Å². The van der Waals surface area contributed by atoms with E-state index in [2.05, 4.69) is 15.6 Å². The molecule has 1 saturated heterocycles. The number of aromatic nitrogens is 1. The first kappa shape index (κ1) is 19.0. The lowest BCUT2D eigenvalue weighted by atomic mass is 10.1. The minimum absolute atomic E-state index is 0. The molecule has 0 spiro atoms. The van der Waals surface area contributed by atoms with Gasteiger partial charge in [0.1, 0.15) is 10.3 Å². The molecule has 0 radical (unpaired) electrons. The van der Waals surface area contributed by atoms with Gasteiger partial charge in [0.15, 0.2) is 0 Å². The monoisotopic (exact) mass is 387 g/mol. The second-order valence-electron chi connectivity index (χ2n) is 5.14. The molecule has 2 N–H and O–H groups in total. The predicted octanol–water partition coefficient (Wildman–Crippen LogP) is 3.72. The standard InChI is InChI=1S/C16H15Cl2N3O2.ClH/c17-14-7-11(8-15(18)21-14)16(22)20-12-3-1-10(2-4-12)13-9-19-5-6-23-13;/h1-4,7-8,13,19H,5-6,9H2,(H,20,22);1H/t13-;/m0./s1. The molecule has 1 aromatic carbocycles. The molecule has 1 aromatic heterocycles. The zero-order chi connectivity index (χ0) is 16.2. The quantitative estimate of drug-likeness (QED) is 0.787. The Balaban J connectivity index is 0.00000208. The molecular weight excluding hydrogens is 373 g/mol. The number of nitrogens with one attached hydrogen (secondary N) is 2. The van der Waals surface area contributed by atoms with Crippen molar-refractivity contribution in [3.63, 3.8) is 0 Å². The van der Waals surface area contributed by atoms with Crippen LogP contribution in [0.3, 0.4) is 0 Å². The van der Waals surface area contributed by atoms with Gasteiger partial charge in [-0.15, -0.1) is 12.4 Å². The Morgan fingerprint density at radius 2 is 1.88 bits per heavy atom. The Morgan fingerprint density at radius 3 is 2.46 bits per heavy atom. The van der Waals surface area contributed by atoms with Gasteiger partial charge in [-0.1, -0.05) is 35.3 Å². The predicted molar refractivity (Wildman–Crippen MR) is 97.5 cm³/mol. The number of halogens is 3. The summed E-state index contributed by atoms with van der Waals surface area (Å²) in [7, 11) is 0. The summed E-state index contributed by atoms with van der Waals surface area (Å²) < 4.78 is 5.69. The van der Waals surface area contributed by atoms with Crippen LogP contribution in [0.25, 0.3) is 0 Å². The number of ether oxygens (including phenoxy) is 1. The van der Waals surface area contributed by atoms with Crippen LogP contribution in [0.5, 0.6) is 0 Å². The highest BCUT2D eigenvalue weighted by Crippen LogP contribution is 2.21. The van der Waals surface area contributed by atoms with E-state index in [0.717, 1.165) is 18.7 Å². The molecule has 24 heavy (non-hydrogen) atoms. The van der Waals surface area contributed by atoms with Crippen molar-refractivity contribution in [3.8, 4) is 0 Å². The molecule has 0 aliphatic carbocycles. The van der Waals surface area contributed by atoms with Crippen LogP contribution < -0.4 is 10.6 Å². The number of rotatable bonds is 3. The summed E-state index contributed by atoms with van der Waals surface area (Å²) in [5.74, 6) is -0.292. The summed E-state index contributed by atoms with van der Waals surface area (Å²) in [6.45, 7) is 2.37. The fourth-order valence-electron chi connectivity index (χ4n) is 2.36. The van der Waals surface area contributed by atoms with E-state index < -0.39 is 0 Å². The minimum Gasteiger partial charge on any atom is -0.371 e. The van der Waals surface area contributed by atoms with Crippen LogP contribution >= 0.6 is 35.6 Å². The van der Waals surface area contributed by atoms with Crippen LogP contribution in [0.15, 0.2) is 36.4 Å². The molecule has 0 saturated carbocycles. The second-order valence-corrected chi connectivity index (χ2v) is 5.92. The highest BCUT2D eigenvalue weighted by Gasteiger charge is 2.15. The van der Waals surface area contributed by atoms with Gasteiger partial charge in [-0.25, -0.2) is 4.98 Å². The van der Waals surface area contributed by atoms with E-state index in [1.54, 1.807) is 0 Å². The lowest BCUT2D eigenvalue weighted by Gasteiger charge is -2.24. The molecule has 1 aliphatic heterocycles. The lowest BCUT2D eigenvalue weighted by molar-refractivity contribution is 0.0277. The first-order valence-electron chi connectivity index (χ1n) is 7.18. The maximum absolute atomic E-state index is 12.2. The largest absolute Gasteiger partial charge is 0.371 e. The maximum Gasteiger partial charge on any atom is 0.255 e. The molecule has 1 aliphatic rings. The third-order valence-corrected chi connectivity index (χ3v) is 3.88.